The number of aromatic nitrogens is 1. The summed E-state index contributed by atoms with van der Waals surface area (Å²) in [6.07, 6.45) is 8.64. The average Bonchev–Trinajstić information content (AvgIpc) is 2.45. The van der Waals surface area contributed by atoms with Gasteiger partial charge in [0.25, 0.3) is 0 Å². The fourth-order valence-corrected chi connectivity index (χ4v) is 2.15. The van der Waals surface area contributed by atoms with Crippen molar-refractivity contribution >= 4 is 0 Å². The highest BCUT2D eigenvalue weighted by molar-refractivity contribution is 5.29. The van der Waals surface area contributed by atoms with Crippen LogP contribution in [0.2, 0.25) is 0 Å². The SMILES string of the molecule is CCCCC(CC)COc1cnccc1CNC(C)(C)C. The molecule has 0 saturated carbocycles. The summed E-state index contributed by atoms with van der Waals surface area (Å²) < 4.78 is 6.05. The highest BCUT2D eigenvalue weighted by Gasteiger charge is 2.12. The number of hydrogen-bond donors (Lipinski definition) is 1. The van der Waals surface area contributed by atoms with Crippen LogP contribution in [0.25, 0.3) is 0 Å². The fraction of sp³-hybridized carbons (Fsp3) is 0.722. The van der Waals surface area contributed by atoms with Gasteiger partial charge in [-0.05, 0) is 39.2 Å². The maximum Gasteiger partial charge on any atom is 0.142 e. The molecule has 0 spiro atoms. The molecule has 1 unspecified atom stereocenters. The van der Waals surface area contributed by atoms with Crippen LogP contribution in [0.4, 0.5) is 0 Å². The van der Waals surface area contributed by atoms with E-state index in [2.05, 4.69) is 44.9 Å². The molecule has 3 heteroatoms. The van der Waals surface area contributed by atoms with Gasteiger partial charge in [0.2, 0.25) is 0 Å². The van der Waals surface area contributed by atoms with Crippen molar-refractivity contribution in [1.29, 1.82) is 0 Å². The van der Waals surface area contributed by atoms with E-state index in [1.807, 2.05) is 18.5 Å². The Morgan fingerprint density at radius 1 is 1.29 bits per heavy atom. The van der Waals surface area contributed by atoms with Crippen molar-refractivity contribution in [2.75, 3.05) is 6.61 Å². The second-order valence-corrected chi connectivity index (χ2v) is 6.81. The summed E-state index contributed by atoms with van der Waals surface area (Å²) in [5.74, 6) is 1.57. The van der Waals surface area contributed by atoms with Crippen LogP contribution in [0.5, 0.6) is 5.75 Å². The Morgan fingerprint density at radius 2 is 2.05 bits per heavy atom. The number of pyridine rings is 1. The molecule has 0 aliphatic rings. The molecule has 0 aromatic carbocycles. The molecule has 3 nitrogen and oxygen atoms in total. The minimum atomic E-state index is 0.105. The van der Waals surface area contributed by atoms with Crippen LogP contribution in [-0.2, 0) is 6.54 Å². The Hall–Kier alpha value is -1.09. The van der Waals surface area contributed by atoms with Crippen LogP contribution < -0.4 is 10.1 Å². The van der Waals surface area contributed by atoms with Crippen LogP contribution in [0, 0.1) is 5.92 Å². The molecule has 1 aromatic heterocycles. The van der Waals surface area contributed by atoms with Crippen molar-refractivity contribution in [3.05, 3.63) is 24.0 Å². The quantitative estimate of drug-likeness (QED) is 0.724. The maximum atomic E-state index is 6.05. The highest BCUT2D eigenvalue weighted by Crippen LogP contribution is 2.20. The molecule has 1 atom stereocenters. The first-order chi connectivity index (χ1) is 9.96. The Balaban J connectivity index is 2.57. The van der Waals surface area contributed by atoms with E-state index in [4.69, 9.17) is 4.74 Å². The van der Waals surface area contributed by atoms with Gasteiger partial charge in [0.05, 0.1) is 12.8 Å². The van der Waals surface area contributed by atoms with Gasteiger partial charge in [-0.15, -0.1) is 0 Å². The van der Waals surface area contributed by atoms with Crippen LogP contribution >= 0.6 is 0 Å². The molecule has 1 N–H and O–H groups in total. The van der Waals surface area contributed by atoms with Crippen molar-refractivity contribution in [3.8, 4) is 5.75 Å². The van der Waals surface area contributed by atoms with E-state index in [1.54, 1.807) is 0 Å². The predicted molar refractivity (Wildman–Crippen MR) is 89.6 cm³/mol. The van der Waals surface area contributed by atoms with Crippen molar-refractivity contribution in [2.45, 2.75) is 72.4 Å². The second kappa shape index (κ2) is 9.04. The van der Waals surface area contributed by atoms with E-state index in [0.29, 0.717) is 5.92 Å². The van der Waals surface area contributed by atoms with E-state index in [-0.39, 0.29) is 5.54 Å². The van der Waals surface area contributed by atoms with E-state index in [0.717, 1.165) is 18.9 Å². The molecule has 0 aliphatic heterocycles. The number of hydrogen-bond acceptors (Lipinski definition) is 3. The lowest BCUT2D eigenvalue weighted by molar-refractivity contribution is 0.230. The molecule has 1 rings (SSSR count). The number of unbranched alkanes of at least 4 members (excludes halogenated alkanes) is 1. The van der Waals surface area contributed by atoms with Gasteiger partial charge < -0.3 is 10.1 Å². The van der Waals surface area contributed by atoms with Gasteiger partial charge >= 0.3 is 0 Å². The number of rotatable bonds is 9. The molecule has 0 radical (unpaired) electrons. The summed E-state index contributed by atoms with van der Waals surface area (Å²) in [6, 6.07) is 2.04. The number of ether oxygens (including phenoxy) is 1. The van der Waals surface area contributed by atoms with Gasteiger partial charge in [-0.25, -0.2) is 0 Å². The van der Waals surface area contributed by atoms with E-state index < -0.39 is 0 Å². The zero-order chi connectivity index (χ0) is 15.7. The summed E-state index contributed by atoms with van der Waals surface area (Å²) in [5, 5.41) is 3.51. The van der Waals surface area contributed by atoms with Gasteiger partial charge in [0.1, 0.15) is 5.75 Å². The standard InChI is InChI=1S/C18H32N2O/c1-6-8-9-15(7-2)14-21-17-13-19-11-10-16(17)12-20-18(3,4)5/h10-11,13,15,20H,6-9,12,14H2,1-5H3. The van der Waals surface area contributed by atoms with Crippen molar-refractivity contribution < 1.29 is 4.74 Å². The molecule has 1 heterocycles. The van der Waals surface area contributed by atoms with E-state index in [9.17, 15) is 0 Å². The van der Waals surface area contributed by atoms with Crippen molar-refractivity contribution in [2.24, 2.45) is 5.92 Å². The Labute approximate surface area is 130 Å². The molecular weight excluding hydrogens is 260 g/mol. The van der Waals surface area contributed by atoms with Crippen molar-refractivity contribution in [1.82, 2.24) is 10.3 Å². The molecule has 0 saturated heterocycles. The van der Waals surface area contributed by atoms with Gasteiger partial charge in [0.15, 0.2) is 0 Å². The van der Waals surface area contributed by atoms with Gasteiger partial charge in [-0.1, -0.05) is 33.1 Å². The monoisotopic (exact) mass is 292 g/mol. The molecule has 0 aliphatic carbocycles. The first-order valence-electron chi connectivity index (χ1n) is 8.27. The fourth-order valence-electron chi connectivity index (χ4n) is 2.15. The lowest BCUT2D eigenvalue weighted by atomic mass is 10.0. The largest absolute Gasteiger partial charge is 0.491 e. The molecule has 21 heavy (non-hydrogen) atoms. The van der Waals surface area contributed by atoms with Crippen LogP contribution in [-0.4, -0.2) is 17.1 Å². The zero-order valence-corrected chi connectivity index (χ0v) is 14.4. The minimum Gasteiger partial charge on any atom is -0.491 e. The average molecular weight is 292 g/mol. The third kappa shape index (κ3) is 7.47. The molecule has 120 valence electrons. The van der Waals surface area contributed by atoms with Crippen molar-refractivity contribution in [3.63, 3.8) is 0 Å². The zero-order valence-electron chi connectivity index (χ0n) is 14.4. The van der Waals surface area contributed by atoms with E-state index in [1.165, 1.54) is 31.2 Å². The highest BCUT2D eigenvalue weighted by atomic mass is 16.5. The normalized spacial score (nSPS) is 13.2. The lowest BCUT2D eigenvalue weighted by Crippen LogP contribution is -2.35. The third-order valence-electron chi connectivity index (χ3n) is 3.70. The van der Waals surface area contributed by atoms with Gasteiger partial charge in [-0.2, -0.15) is 0 Å². The summed E-state index contributed by atoms with van der Waals surface area (Å²) >= 11 is 0. The summed E-state index contributed by atoms with van der Waals surface area (Å²) in [6.45, 7) is 12.6. The van der Waals surface area contributed by atoms with E-state index >= 15 is 0 Å². The Kier molecular flexibility index (Phi) is 7.73. The lowest BCUT2D eigenvalue weighted by Gasteiger charge is -2.22. The Bertz CT molecular complexity index is 398. The van der Waals surface area contributed by atoms with Crippen LogP contribution in [0.15, 0.2) is 18.5 Å². The Morgan fingerprint density at radius 3 is 2.67 bits per heavy atom. The third-order valence-corrected chi connectivity index (χ3v) is 3.70. The topological polar surface area (TPSA) is 34.1 Å². The first-order valence-corrected chi connectivity index (χ1v) is 8.27. The maximum absolute atomic E-state index is 6.05. The minimum absolute atomic E-state index is 0.105. The molecule has 1 aromatic rings. The van der Waals surface area contributed by atoms with Gasteiger partial charge in [0, 0.05) is 23.8 Å². The predicted octanol–water partition coefficient (Wildman–Crippen LogP) is 4.56. The van der Waals surface area contributed by atoms with Crippen LogP contribution in [0.3, 0.4) is 0 Å². The number of nitrogens with one attached hydrogen (secondary N) is 1. The summed E-state index contributed by atoms with van der Waals surface area (Å²) in [4.78, 5) is 4.20. The molecule has 0 amide bonds. The van der Waals surface area contributed by atoms with Gasteiger partial charge in [-0.3, -0.25) is 4.98 Å². The first kappa shape index (κ1) is 18.0. The summed E-state index contributed by atoms with van der Waals surface area (Å²) in [7, 11) is 0. The number of nitrogens with zero attached hydrogens (tertiary/aromatic N) is 1. The summed E-state index contributed by atoms with van der Waals surface area (Å²) in [5.41, 5.74) is 1.29. The van der Waals surface area contributed by atoms with Crippen LogP contribution in [0.1, 0.15) is 65.9 Å². The molecule has 0 fully saturated rings. The second-order valence-electron chi connectivity index (χ2n) is 6.81. The molecular formula is C18H32N2O. The molecule has 0 bridgehead atoms. The smallest absolute Gasteiger partial charge is 0.142 e.